The molecule has 0 aromatic heterocycles. The number of ether oxygens (including phenoxy) is 1. The zero-order chi connectivity index (χ0) is 37.3. The third-order valence-electron chi connectivity index (χ3n) is 8.57. The average Bonchev–Trinajstić information content (AvgIpc) is 3.20. The molecule has 0 fully saturated rings. The molecule has 0 aliphatic rings. The Morgan fingerprint density at radius 1 is 0.566 bits per heavy atom. The normalized spacial score (nSPS) is 11.2. The first kappa shape index (κ1) is 37.6. The van der Waals surface area contributed by atoms with Crippen LogP contribution in [0.5, 0.6) is 5.75 Å². The lowest BCUT2D eigenvalue weighted by atomic mass is 10.0. The Balaban J connectivity index is 1.30. The Morgan fingerprint density at radius 3 is 1.43 bits per heavy atom. The number of carbonyl (C=O) groups excluding carboxylic acids is 2. The molecule has 5 rings (SSSR count). The average molecular weight is 699 g/mol. The summed E-state index contributed by atoms with van der Waals surface area (Å²) in [6.07, 6.45) is 10.3. The lowest BCUT2D eigenvalue weighted by Crippen LogP contribution is -2.16. The van der Waals surface area contributed by atoms with Crippen molar-refractivity contribution >= 4 is 46.5 Å². The number of allylic oxidation sites excluding steroid dienone is 2. The molecule has 5 aromatic rings. The van der Waals surface area contributed by atoms with Crippen LogP contribution >= 0.6 is 0 Å². The molecule has 7 heteroatoms. The van der Waals surface area contributed by atoms with Gasteiger partial charge in [-0.25, -0.2) is 0 Å². The first-order valence-corrected chi connectivity index (χ1v) is 17.9. The minimum atomic E-state index is -0.391. The predicted molar refractivity (Wildman–Crippen MR) is 214 cm³/mol. The first-order valence-electron chi connectivity index (χ1n) is 17.9. The molecule has 0 bridgehead atoms. The molecular weight excluding hydrogens is 657 g/mol. The van der Waals surface area contributed by atoms with Crippen LogP contribution in [0.25, 0.3) is 23.3 Å². The molecule has 0 spiro atoms. The SMILES string of the molecule is CCCCCCCCOc1cc(C(=O)Nc2ccc(/C=C(\C#N)c3ccccc3)cc2)cc(C(=O)Nc2ccc(/C=C(\C#N)c3ccccc3)cc2)c1. The van der Waals surface area contributed by atoms with Gasteiger partial charge in [0.2, 0.25) is 0 Å². The fraction of sp³-hybridized carbons (Fsp3) is 0.174. The summed E-state index contributed by atoms with van der Waals surface area (Å²) in [6, 6.07) is 42.7. The highest BCUT2D eigenvalue weighted by Crippen LogP contribution is 2.24. The van der Waals surface area contributed by atoms with E-state index in [1.807, 2.05) is 84.9 Å². The van der Waals surface area contributed by atoms with Gasteiger partial charge in [0.05, 0.1) is 29.9 Å². The molecule has 2 amide bonds. The summed E-state index contributed by atoms with van der Waals surface area (Å²) >= 11 is 0. The van der Waals surface area contributed by atoms with E-state index in [9.17, 15) is 20.1 Å². The third-order valence-corrected chi connectivity index (χ3v) is 8.57. The Labute approximate surface area is 311 Å². The van der Waals surface area contributed by atoms with Gasteiger partial charge in [0, 0.05) is 22.5 Å². The van der Waals surface area contributed by atoms with Gasteiger partial charge in [-0.2, -0.15) is 10.5 Å². The number of hydrogen-bond acceptors (Lipinski definition) is 5. The second-order valence-electron chi connectivity index (χ2n) is 12.6. The molecule has 0 saturated carbocycles. The largest absolute Gasteiger partial charge is 0.494 e. The van der Waals surface area contributed by atoms with Crippen LogP contribution in [-0.2, 0) is 0 Å². The van der Waals surface area contributed by atoms with Crippen LogP contribution in [0.3, 0.4) is 0 Å². The summed E-state index contributed by atoms with van der Waals surface area (Å²) in [6.45, 7) is 2.67. The minimum absolute atomic E-state index is 0.279. The van der Waals surface area contributed by atoms with Crippen molar-refractivity contribution in [3.63, 3.8) is 0 Å². The van der Waals surface area contributed by atoms with Crippen molar-refractivity contribution in [1.29, 1.82) is 10.5 Å². The number of nitrogens with zero attached hydrogens (tertiary/aromatic N) is 2. The van der Waals surface area contributed by atoms with Gasteiger partial charge in [0.25, 0.3) is 11.8 Å². The van der Waals surface area contributed by atoms with Crippen molar-refractivity contribution in [2.75, 3.05) is 17.2 Å². The predicted octanol–water partition coefficient (Wildman–Crippen LogP) is 11.1. The lowest BCUT2D eigenvalue weighted by Gasteiger charge is -2.13. The maximum atomic E-state index is 13.5. The number of hydrogen-bond donors (Lipinski definition) is 2. The van der Waals surface area contributed by atoms with E-state index in [0.29, 0.717) is 34.9 Å². The molecule has 0 aliphatic carbocycles. The van der Waals surface area contributed by atoms with E-state index >= 15 is 0 Å². The molecule has 2 N–H and O–H groups in total. The van der Waals surface area contributed by atoms with Crippen LogP contribution in [0.15, 0.2) is 127 Å². The molecular formula is C46H42N4O3. The number of unbranched alkanes of at least 4 members (excludes halogenated alkanes) is 5. The minimum Gasteiger partial charge on any atom is -0.494 e. The highest BCUT2D eigenvalue weighted by molar-refractivity contribution is 6.09. The maximum Gasteiger partial charge on any atom is 0.255 e. The van der Waals surface area contributed by atoms with E-state index in [4.69, 9.17) is 4.74 Å². The highest BCUT2D eigenvalue weighted by atomic mass is 16.5. The van der Waals surface area contributed by atoms with Crippen molar-refractivity contribution in [2.45, 2.75) is 45.4 Å². The summed E-state index contributed by atoms with van der Waals surface area (Å²) in [5.41, 5.74) is 6.05. The van der Waals surface area contributed by atoms with Crippen molar-refractivity contribution in [2.24, 2.45) is 0 Å². The van der Waals surface area contributed by atoms with Crippen LogP contribution in [-0.4, -0.2) is 18.4 Å². The van der Waals surface area contributed by atoms with E-state index in [1.54, 1.807) is 54.6 Å². The maximum absolute atomic E-state index is 13.5. The van der Waals surface area contributed by atoms with Gasteiger partial charge in [-0.1, -0.05) is 124 Å². The van der Waals surface area contributed by atoms with Gasteiger partial charge < -0.3 is 15.4 Å². The Bertz CT molecular complexity index is 1980. The van der Waals surface area contributed by atoms with Gasteiger partial charge in [0.1, 0.15) is 5.75 Å². The molecule has 0 aliphatic heterocycles. The molecule has 0 atom stereocenters. The Hall–Kier alpha value is -6.70. The molecule has 0 heterocycles. The topological polar surface area (TPSA) is 115 Å². The van der Waals surface area contributed by atoms with Crippen LogP contribution in [0, 0.1) is 22.7 Å². The number of rotatable bonds is 16. The summed E-state index contributed by atoms with van der Waals surface area (Å²) in [5.74, 6) is -0.346. The monoisotopic (exact) mass is 698 g/mol. The first-order chi connectivity index (χ1) is 25.9. The summed E-state index contributed by atoms with van der Waals surface area (Å²) in [7, 11) is 0. The fourth-order valence-electron chi connectivity index (χ4n) is 5.68. The van der Waals surface area contributed by atoms with E-state index in [-0.39, 0.29) is 11.1 Å². The molecule has 0 unspecified atom stereocenters. The lowest BCUT2D eigenvalue weighted by molar-refractivity contribution is 0.102. The van der Waals surface area contributed by atoms with Crippen molar-refractivity contribution in [3.8, 4) is 17.9 Å². The molecule has 5 aromatic carbocycles. The zero-order valence-electron chi connectivity index (χ0n) is 29.8. The quantitative estimate of drug-likeness (QED) is 0.0604. The van der Waals surface area contributed by atoms with Crippen LogP contribution < -0.4 is 15.4 Å². The second-order valence-corrected chi connectivity index (χ2v) is 12.6. The van der Waals surface area contributed by atoms with Crippen LogP contribution in [0.1, 0.15) is 88.4 Å². The van der Waals surface area contributed by atoms with Gasteiger partial charge >= 0.3 is 0 Å². The van der Waals surface area contributed by atoms with Crippen molar-refractivity contribution in [3.05, 3.63) is 161 Å². The zero-order valence-corrected chi connectivity index (χ0v) is 29.8. The number of carbonyl (C=O) groups is 2. The van der Waals surface area contributed by atoms with E-state index in [2.05, 4.69) is 29.7 Å². The number of anilines is 2. The number of nitriles is 2. The molecule has 0 saturated heterocycles. The van der Waals surface area contributed by atoms with Gasteiger partial charge in [-0.3, -0.25) is 9.59 Å². The fourth-order valence-corrected chi connectivity index (χ4v) is 5.68. The van der Waals surface area contributed by atoms with Crippen LogP contribution in [0.4, 0.5) is 11.4 Å². The third kappa shape index (κ3) is 11.4. The summed E-state index contributed by atoms with van der Waals surface area (Å²) < 4.78 is 6.07. The summed E-state index contributed by atoms with van der Waals surface area (Å²) in [5, 5.41) is 25.2. The van der Waals surface area contributed by atoms with Crippen molar-refractivity contribution in [1.82, 2.24) is 0 Å². The van der Waals surface area contributed by atoms with E-state index in [0.717, 1.165) is 41.5 Å². The highest BCUT2D eigenvalue weighted by Gasteiger charge is 2.15. The second kappa shape index (κ2) is 19.6. The smallest absolute Gasteiger partial charge is 0.255 e. The number of benzene rings is 5. The summed E-state index contributed by atoms with van der Waals surface area (Å²) in [4.78, 5) is 27.1. The van der Waals surface area contributed by atoms with Gasteiger partial charge in [-0.05, 0) is 83.3 Å². The number of nitrogens with one attached hydrogen (secondary N) is 2. The van der Waals surface area contributed by atoms with Crippen LogP contribution in [0.2, 0.25) is 0 Å². The molecule has 53 heavy (non-hydrogen) atoms. The Kier molecular flexibility index (Phi) is 13.9. The standard InChI is InChI=1S/C46H42N4O3/c1-2-3-4-5-6-13-26-53-44-30-38(45(51)49-42-22-18-34(19-23-42)27-40(32-47)36-14-9-7-10-15-36)29-39(31-44)46(52)50-43-24-20-35(21-25-43)28-41(33-48)37-16-11-8-12-17-37/h7-12,14-25,27-31H,2-6,13,26H2,1H3,(H,49,51)(H,50,52)/b40-27+,41-28+. The molecule has 7 nitrogen and oxygen atoms in total. The number of amides is 2. The van der Waals surface area contributed by atoms with E-state index < -0.39 is 11.8 Å². The van der Waals surface area contributed by atoms with E-state index in [1.165, 1.54) is 19.3 Å². The van der Waals surface area contributed by atoms with Crippen molar-refractivity contribution < 1.29 is 14.3 Å². The molecule has 264 valence electrons. The van der Waals surface area contributed by atoms with Gasteiger partial charge in [0.15, 0.2) is 0 Å². The molecule has 0 radical (unpaired) electrons. The van der Waals surface area contributed by atoms with Gasteiger partial charge in [-0.15, -0.1) is 0 Å². The Morgan fingerprint density at radius 2 is 1.00 bits per heavy atom.